The quantitative estimate of drug-likeness (QED) is 0.145. The van der Waals surface area contributed by atoms with E-state index in [0.29, 0.717) is 61.5 Å². The molecule has 0 spiro atoms. The molecule has 16 heteroatoms. The first-order chi connectivity index (χ1) is 29.4. The van der Waals surface area contributed by atoms with Gasteiger partial charge in [-0.3, -0.25) is 4.90 Å². The number of fused-ring (bicyclic) bond motifs is 1. The molecule has 0 saturated carbocycles. The SMILES string of the molecule is C[C@H](Oc1nc(-c2noc([C@@]3(C)CCCc4sc(N)c(C#N)c43)n2)nc(N2C[C@@](C)(O[Si](c3ccccc3)(c3ccccc3)C(C)(C)C)COCC2(C)C)n1)[C@@H]1C[C@@H](F)CN1C. The van der Waals surface area contributed by atoms with E-state index in [1.807, 2.05) is 37.9 Å². The summed E-state index contributed by atoms with van der Waals surface area (Å²) in [6, 6.07) is 23.3. The van der Waals surface area contributed by atoms with E-state index in [0.717, 1.165) is 33.7 Å². The van der Waals surface area contributed by atoms with Gasteiger partial charge in [0.25, 0.3) is 8.32 Å². The van der Waals surface area contributed by atoms with Gasteiger partial charge in [-0.05, 0) is 82.8 Å². The highest BCUT2D eigenvalue weighted by molar-refractivity contribution is 7.16. The van der Waals surface area contributed by atoms with Gasteiger partial charge in [0.2, 0.25) is 23.5 Å². The Kier molecular flexibility index (Phi) is 11.6. The van der Waals surface area contributed by atoms with Crippen LogP contribution in [0.1, 0.15) is 96.5 Å². The molecule has 0 unspecified atom stereocenters. The zero-order valence-electron chi connectivity index (χ0n) is 37.2. The highest BCUT2D eigenvalue weighted by atomic mass is 32.1. The summed E-state index contributed by atoms with van der Waals surface area (Å²) in [5.41, 5.74) is 5.40. The highest BCUT2D eigenvalue weighted by Crippen LogP contribution is 2.49. The third kappa shape index (κ3) is 7.91. The molecule has 62 heavy (non-hydrogen) atoms. The van der Waals surface area contributed by atoms with E-state index in [2.05, 4.69) is 106 Å². The minimum Gasteiger partial charge on any atom is -0.459 e. The van der Waals surface area contributed by atoms with Gasteiger partial charge < -0.3 is 29.1 Å². The molecule has 13 nitrogen and oxygen atoms in total. The van der Waals surface area contributed by atoms with Crippen LogP contribution in [0.4, 0.5) is 15.3 Å². The van der Waals surface area contributed by atoms with Crippen molar-refractivity contribution in [2.75, 3.05) is 44.0 Å². The summed E-state index contributed by atoms with van der Waals surface area (Å²) in [7, 11) is -1.16. The zero-order valence-corrected chi connectivity index (χ0v) is 39.1. The van der Waals surface area contributed by atoms with Crippen molar-refractivity contribution in [3.8, 4) is 23.7 Å². The molecule has 1 aliphatic carbocycles. The number of halogens is 1. The predicted molar refractivity (Wildman–Crippen MR) is 241 cm³/mol. The van der Waals surface area contributed by atoms with Crippen LogP contribution in [0.3, 0.4) is 0 Å². The van der Waals surface area contributed by atoms with Crippen molar-refractivity contribution in [2.45, 2.75) is 121 Å². The molecule has 5 aromatic rings. The Bertz CT molecular complexity index is 2400. The number of alkyl halides is 1. The maximum absolute atomic E-state index is 14.6. The first-order valence-corrected chi connectivity index (χ1v) is 24.2. The van der Waals surface area contributed by atoms with Crippen molar-refractivity contribution in [1.29, 1.82) is 5.26 Å². The number of ether oxygens (including phenoxy) is 2. The summed E-state index contributed by atoms with van der Waals surface area (Å²) in [6.07, 6.45) is 1.31. The number of aryl methyl sites for hydroxylation is 1. The lowest BCUT2D eigenvalue weighted by Gasteiger charge is -2.49. The largest absolute Gasteiger partial charge is 0.459 e. The number of hydrogen-bond donors (Lipinski definition) is 1. The molecule has 328 valence electrons. The highest BCUT2D eigenvalue weighted by Gasteiger charge is 2.55. The number of nitrogens with zero attached hydrogens (tertiary/aromatic N) is 8. The number of rotatable bonds is 10. The third-order valence-electron chi connectivity index (χ3n) is 13.0. The molecule has 8 rings (SSSR count). The standard InChI is InChI=1S/C46H58FN9O4SSi/c1-29(34-23-30(47)25-55(34)9)58-42-52-38(39-50-40(59-54-39)46(8)22-16-21-35-36(46)33(24-48)37(49)61-35)51-41(53-42)56-26-45(7,28-57-27-44(56,5)6)60-62(43(2,3)4,31-17-12-10-13-18-31)32-19-14-11-15-20-32/h10-15,17-20,29-30,34H,16,21-23,25-28,49H2,1-9H3/t29-,30+,34-,45+,46-/m0/s1. The number of anilines is 2. The Morgan fingerprint density at radius 2 is 1.66 bits per heavy atom. The first-order valence-electron chi connectivity index (χ1n) is 21.5. The summed E-state index contributed by atoms with van der Waals surface area (Å²) < 4.78 is 41.6. The van der Waals surface area contributed by atoms with Crippen molar-refractivity contribution in [3.63, 3.8) is 0 Å². The summed E-state index contributed by atoms with van der Waals surface area (Å²) in [6.45, 7) is 18.4. The lowest BCUT2D eigenvalue weighted by atomic mass is 9.72. The fraction of sp³-hybridized carbons (Fsp3) is 0.522. The van der Waals surface area contributed by atoms with Gasteiger partial charge in [-0.15, -0.1) is 11.3 Å². The van der Waals surface area contributed by atoms with Gasteiger partial charge in [0.1, 0.15) is 23.3 Å². The molecule has 5 atom stereocenters. The fourth-order valence-electron chi connectivity index (χ4n) is 9.84. The molecule has 5 heterocycles. The maximum Gasteiger partial charge on any atom is 0.322 e. The number of nitriles is 1. The monoisotopic (exact) mass is 879 g/mol. The van der Waals surface area contributed by atoms with E-state index in [-0.39, 0.29) is 28.7 Å². The first kappa shape index (κ1) is 43.8. The minimum absolute atomic E-state index is 0.0543. The second kappa shape index (κ2) is 16.4. The molecule has 2 aliphatic heterocycles. The topological polar surface area (TPSA) is 162 Å². The number of likely N-dealkylation sites (N-methyl/N-ethyl adjacent to an activating group) is 1. The Labute approximate surface area is 369 Å². The van der Waals surface area contributed by atoms with E-state index < -0.39 is 37.1 Å². The Morgan fingerprint density at radius 1 is 0.984 bits per heavy atom. The van der Waals surface area contributed by atoms with Crippen LogP contribution in [0.15, 0.2) is 65.2 Å². The molecular weight excluding hydrogens is 822 g/mol. The molecule has 0 radical (unpaired) electrons. The molecular formula is C46H58FN9O4SSi. The van der Waals surface area contributed by atoms with Gasteiger partial charge >= 0.3 is 6.01 Å². The van der Waals surface area contributed by atoms with Crippen LogP contribution in [0, 0.1) is 11.3 Å². The van der Waals surface area contributed by atoms with Crippen molar-refractivity contribution in [3.05, 3.63) is 82.6 Å². The molecule has 2 saturated heterocycles. The van der Waals surface area contributed by atoms with Gasteiger partial charge in [0.15, 0.2) is 0 Å². The van der Waals surface area contributed by atoms with Crippen LogP contribution in [0.5, 0.6) is 6.01 Å². The normalized spacial score (nSPS) is 24.9. The van der Waals surface area contributed by atoms with Crippen LogP contribution in [0.2, 0.25) is 5.04 Å². The molecule has 0 amide bonds. The summed E-state index contributed by atoms with van der Waals surface area (Å²) in [5, 5.41) is 17.1. The Hall–Kier alpha value is -4.79. The van der Waals surface area contributed by atoms with Gasteiger partial charge in [-0.1, -0.05) is 86.6 Å². The van der Waals surface area contributed by atoms with Gasteiger partial charge in [-0.25, -0.2) is 4.39 Å². The number of benzene rings is 2. The summed E-state index contributed by atoms with van der Waals surface area (Å²) in [5.74, 6) is 0.962. The second-order valence-electron chi connectivity index (χ2n) is 19.4. The van der Waals surface area contributed by atoms with Crippen molar-refractivity contribution in [1.82, 2.24) is 30.0 Å². The van der Waals surface area contributed by atoms with E-state index in [1.165, 1.54) is 11.3 Å². The number of nitrogens with two attached hydrogens (primary N) is 1. The molecule has 2 aromatic carbocycles. The number of aromatic nitrogens is 5. The average molecular weight is 880 g/mol. The summed E-state index contributed by atoms with van der Waals surface area (Å²) >= 11 is 1.45. The van der Waals surface area contributed by atoms with E-state index in [9.17, 15) is 9.65 Å². The molecule has 2 N–H and O–H groups in total. The Balaban J connectivity index is 1.23. The van der Waals surface area contributed by atoms with E-state index >= 15 is 0 Å². The van der Waals surface area contributed by atoms with Gasteiger partial charge in [0, 0.05) is 23.0 Å². The van der Waals surface area contributed by atoms with Crippen LogP contribution in [-0.2, 0) is 21.0 Å². The third-order valence-corrected chi connectivity index (χ3v) is 19.3. The number of nitrogen functional groups attached to an aromatic ring is 1. The average Bonchev–Trinajstić information content (AvgIpc) is 3.94. The van der Waals surface area contributed by atoms with Crippen molar-refractivity contribution in [2.24, 2.45) is 0 Å². The number of likely N-dealkylation sites (tertiary alicyclic amines) is 1. The molecule has 0 bridgehead atoms. The zero-order chi connectivity index (χ0) is 44.2. The molecule has 3 aromatic heterocycles. The maximum atomic E-state index is 14.6. The van der Waals surface area contributed by atoms with Gasteiger partial charge in [0.05, 0.1) is 41.9 Å². The van der Waals surface area contributed by atoms with Crippen LogP contribution in [-0.4, -0.2) is 101 Å². The Morgan fingerprint density at radius 3 is 2.27 bits per heavy atom. The van der Waals surface area contributed by atoms with Crippen LogP contribution >= 0.6 is 11.3 Å². The van der Waals surface area contributed by atoms with Gasteiger partial charge in [-0.2, -0.15) is 25.2 Å². The van der Waals surface area contributed by atoms with E-state index in [1.54, 1.807) is 0 Å². The van der Waals surface area contributed by atoms with E-state index in [4.69, 9.17) is 44.1 Å². The lowest BCUT2D eigenvalue weighted by Crippen LogP contribution is -2.71. The number of hydrogen-bond acceptors (Lipinski definition) is 14. The predicted octanol–water partition coefficient (Wildman–Crippen LogP) is 6.84. The smallest absolute Gasteiger partial charge is 0.322 e. The molecule has 3 aliphatic rings. The molecule has 2 fully saturated rings. The van der Waals surface area contributed by atoms with Crippen LogP contribution in [0.25, 0.3) is 11.6 Å². The van der Waals surface area contributed by atoms with Crippen molar-refractivity contribution < 1.29 is 22.8 Å². The second-order valence-corrected chi connectivity index (χ2v) is 24.7. The fourth-order valence-corrected chi connectivity index (χ4v) is 15.8. The van der Waals surface area contributed by atoms with Crippen LogP contribution < -0.4 is 25.7 Å². The van der Waals surface area contributed by atoms with Crippen molar-refractivity contribution >= 4 is 41.0 Å². The minimum atomic E-state index is -3.06. The number of thiophene rings is 1. The summed E-state index contributed by atoms with van der Waals surface area (Å²) in [4.78, 5) is 25.0. The lowest BCUT2D eigenvalue weighted by molar-refractivity contribution is -0.00552.